The number of halogens is 1. The highest BCUT2D eigenvalue weighted by Crippen LogP contribution is 2.42. The Balaban J connectivity index is 1.32. The Labute approximate surface area is 204 Å². The molecule has 33 heavy (non-hydrogen) atoms. The molecule has 0 bridgehead atoms. The molecule has 3 aromatic carbocycles. The average Bonchev–Trinajstić information content (AvgIpc) is 3.00. The summed E-state index contributed by atoms with van der Waals surface area (Å²) in [5.74, 6) is 0.0835. The van der Waals surface area contributed by atoms with E-state index in [0.29, 0.717) is 10.6 Å². The van der Waals surface area contributed by atoms with Crippen LogP contribution in [-0.4, -0.2) is 47.6 Å². The first-order valence-electron chi connectivity index (χ1n) is 11.4. The van der Waals surface area contributed by atoms with Crippen molar-refractivity contribution in [2.24, 2.45) is 4.99 Å². The molecule has 0 aromatic heterocycles. The highest BCUT2D eigenvalue weighted by molar-refractivity contribution is 7.99. The van der Waals surface area contributed by atoms with E-state index in [4.69, 9.17) is 16.6 Å². The van der Waals surface area contributed by atoms with Gasteiger partial charge in [0.05, 0.1) is 5.69 Å². The minimum absolute atomic E-state index is 0.0835. The third kappa shape index (κ3) is 4.86. The van der Waals surface area contributed by atoms with Crippen LogP contribution in [0.5, 0.6) is 0 Å². The molecule has 1 saturated heterocycles. The van der Waals surface area contributed by atoms with Crippen LogP contribution in [0.15, 0.2) is 81.5 Å². The first kappa shape index (κ1) is 22.2. The largest absolute Gasteiger partial charge is 0.336 e. The summed E-state index contributed by atoms with van der Waals surface area (Å²) in [7, 11) is 0. The zero-order valence-corrected chi connectivity index (χ0v) is 20.2. The molecule has 0 radical (unpaired) electrons. The summed E-state index contributed by atoms with van der Waals surface area (Å²) in [4.78, 5) is 24.8. The molecule has 168 valence electrons. The number of benzene rings is 3. The quantitative estimate of drug-likeness (QED) is 0.444. The number of carbonyl (C=O) groups is 1. The van der Waals surface area contributed by atoms with E-state index in [1.165, 1.54) is 5.56 Å². The second kappa shape index (κ2) is 9.72. The smallest absolute Gasteiger partial charge is 0.254 e. The van der Waals surface area contributed by atoms with Gasteiger partial charge in [-0.3, -0.25) is 14.7 Å². The predicted molar refractivity (Wildman–Crippen MR) is 136 cm³/mol. The van der Waals surface area contributed by atoms with Crippen molar-refractivity contribution in [1.82, 2.24) is 9.80 Å². The number of piperazine rings is 1. The second-order valence-electron chi connectivity index (χ2n) is 8.39. The third-order valence-electron chi connectivity index (χ3n) is 6.18. The van der Waals surface area contributed by atoms with Crippen LogP contribution in [0.1, 0.15) is 34.8 Å². The summed E-state index contributed by atoms with van der Waals surface area (Å²) in [5, 5.41) is 0.712. The van der Waals surface area contributed by atoms with Gasteiger partial charge in [0.1, 0.15) is 0 Å². The Kier molecular flexibility index (Phi) is 6.54. The van der Waals surface area contributed by atoms with Gasteiger partial charge >= 0.3 is 0 Å². The summed E-state index contributed by atoms with van der Waals surface area (Å²) >= 11 is 7.94. The van der Waals surface area contributed by atoms with E-state index in [1.807, 2.05) is 41.3 Å². The maximum absolute atomic E-state index is 13.3. The first-order valence-corrected chi connectivity index (χ1v) is 12.5. The molecule has 2 aliphatic heterocycles. The number of aliphatic imine (C=N–C) groups is 1. The Bertz CT molecular complexity index is 1200. The molecular weight excluding hydrogens is 450 g/mol. The van der Waals surface area contributed by atoms with E-state index in [2.05, 4.69) is 42.2 Å². The summed E-state index contributed by atoms with van der Waals surface area (Å²) in [5.41, 5.74) is 4.95. The van der Waals surface area contributed by atoms with Gasteiger partial charge in [-0.1, -0.05) is 60.6 Å². The van der Waals surface area contributed by atoms with Gasteiger partial charge in [-0.25, -0.2) is 0 Å². The molecule has 0 N–H and O–H groups in total. The van der Waals surface area contributed by atoms with E-state index < -0.39 is 0 Å². The number of rotatable bonds is 4. The maximum Gasteiger partial charge on any atom is 0.254 e. The number of hydrogen-bond donors (Lipinski definition) is 0. The van der Waals surface area contributed by atoms with E-state index in [-0.39, 0.29) is 5.91 Å². The van der Waals surface area contributed by atoms with Crippen molar-refractivity contribution in [1.29, 1.82) is 0 Å². The normalized spacial score (nSPS) is 15.9. The van der Waals surface area contributed by atoms with Gasteiger partial charge in [0.2, 0.25) is 0 Å². The van der Waals surface area contributed by atoms with Crippen molar-refractivity contribution in [3.63, 3.8) is 0 Å². The molecule has 1 amide bonds. The number of fused-ring (bicyclic) bond motifs is 2. The molecule has 3 aromatic rings. The van der Waals surface area contributed by atoms with Crippen molar-refractivity contribution in [3.8, 4) is 0 Å². The van der Waals surface area contributed by atoms with Crippen LogP contribution in [-0.2, 0) is 6.54 Å². The number of amides is 1. The van der Waals surface area contributed by atoms with Crippen LogP contribution in [0.4, 0.5) is 5.69 Å². The van der Waals surface area contributed by atoms with Gasteiger partial charge in [0, 0.05) is 64.4 Å². The van der Waals surface area contributed by atoms with Crippen molar-refractivity contribution in [2.75, 3.05) is 26.2 Å². The topological polar surface area (TPSA) is 35.9 Å². The van der Waals surface area contributed by atoms with Gasteiger partial charge in [-0.05, 0) is 48.4 Å². The lowest BCUT2D eigenvalue weighted by molar-refractivity contribution is 0.0628. The maximum atomic E-state index is 13.3. The van der Waals surface area contributed by atoms with Gasteiger partial charge in [0.25, 0.3) is 5.91 Å². The molecule has 4 nitrogen and oxygen atoms in total. The molecule has 0 saturated carbocycles. The van der Waals surface area contributed by atoms with Gasteiger partial charge in [-0.2, -0.15) is 0 Å². The number of carbonyl (C=O) groups excluding carboxylic acids is 1. The molecule has 0 unspecified atom stereocenters. The Morgan fingerprint density at radius 3 is 2.48 bits per heavy atom. The SMILES string of the molecule is CCC1=Nc2cc(C(=O)N3CCN(Cc4ccccc4)CC3)ccc2Sc2ccc(Cl)cc21. The Morgan fingerprint density at radius 1 is 0.970 bits per heavy atom. The van der Waals surface area contributed by atoms with Gasteiger partial charge < -0.3 is 4.90 Å². The molecule has 2 aliphatic rings. The zero-order chi connectivity index (χ0) is 22.8. The lowest BCUT2D eigenvalue weighted by atomic mass is 10.1. The fraction of sp³-hybridized carbons (Fsp3) is 0.259. The monoisotopic (exact) mass is 475 g/mol. The summed E-state index contributed by atoms with van der Waals surface area (Å²) in [6.45, 7) is 6.28. The molecule has 0 atom stereocenters. The van der Waals surface area contributed by atoms with Crippen LogP contribution in [0, 0.1) is 0 Å². The highest BCUT2D eigenvalue weighted by Gasteiger charge is 2.24. The molecule has 6 heteroatoms. The summed E-state index contributed by atoms with van der Waals surface area (Å²) in [6, 6.07) is 22.4. The van der Waals surface area contributed by atoms with Crippen LogP contribution in [0.3, 0.4) is 0 Å². The van der Waals surface area contributed by atoms with Crippen LogP contribution in [0.25, 0.3) is 0 Å². The van der Waals surface area contributed by atoms with E-state index >= 15 is 0 Å². The molecule has 0 spiro atoms. The molecular formula is C27H26ClN3OS. The minimum Gasteiger partial charge on any atom is -0.336 e. The lowest BCUT2D eigenvalue weighted by Gasteiger charge is -2.34. The predicted octanol–water partition coefficient (Wildman–Crippen LogP) is 6.29. The third-order valence-corrected chi connectivity index (χ3v) is 7.55. The summed E-state index contributed by atoms with van der Waals surface area (Å²) < 4.78 is 0. The fourth-order valence-corrected chi connectivity index (χ4v) is 5.54. The molecule has 1 fully saturated rings. The fourth-order valence-electron chi connectivity index (χ4n) is 4.37. The Hall–Kier alpha value is -2.60. The van der Waals surface area contributed by atoms with Crippen molar-refractivity contribution >= 4 is 40.7 Å². The molecule has 2 heterocycles. The van der Waals surface area contributed by atoms with Crippen molar-refractivity contribution in [3.05, 3.63) is 88.4 Å². The van der Waals surface area contributed by atoms with Crippen molar-refractivity contribution in [2.45, 2.75) is 29.7 Å². The first-order chi connectivity index (χ1) is 16.1. The van der Waals surface area contributed by atoms with E-state index in [9.17, 15) is 4.79 Å². The van der Waals surface area contributed by atoms with Crippen LogP contribution in [0.2, 0.25) is 5.02 Å². The van der Waals surface area contributed by atoms with E-state index in [1.54, 1.807) is 11.8 Å². The van der Waals surface area contributed by atoms with Gasteiger partial charge in [-0.15, -0.1) is 0 Å². The number of nitrogens with zero attached hydrogens (tertiary/aromatic N) is 3. The second-order valence-corrected chi connectivity index (χ2v) is 9.91. The highest BCUT2D eigenvalue weighted by atomic mass is 35.5. The van der Waals surface area contributed by atoms with Crippen LogP contribution < -0.4 is 0 Å². The molecule has 5 rings (SSSR count). The Morgan fingerprint density at radius 2 is 1.73 bits per heavy atom. The summed E-state index contributed by atoms with van der Waals surface area (Å²) in [6.07, 6.45) is 0.800. The number of hydrogen-bond acceptors (Lipinski definition) is 4. The molecule has 0 aliphatic carbocycles. The standard InChI is InChI=1S/C27H26ClN3OS/c1-2-23-22-17-21(28)9-11-25(22)33-26-10-8-20(16-24(26)29-23)27(32)31-14-12-30(13-15-31)18-19-6-4-3-5-7-19/h3-11,16-17H,2,12-15,18H2,1H3. The lowest BCUT2D eigenvalue weighted by Crippen LogP contribution is -2.48. The zero-order valence-electron chi connectivity index (χ0n) is 18.6. The van der Waals surface area contributed by atoms with Gasteiger partial charge in [0.15, 0.2) is 0 Å². The van der Waals surface area contributed by atoms with Crippen molar-refractivity contribution < 1.29 is 4.79 Å². The minimum atomic E-state index is 0.0835. The average molecular weight is 476 g/mol. The van der Waals surface area contributed by atoms with E-state index in [0.717, 1.165) is 65.9 Å². The van der Waals surface area contributed by atoms with Crippen LogP contribution >= 0.6 is 23.4 Å².